The minimum atomic E-state index is -1.31. The summed E-state index contributed by atoms with van der Waals surface area (Å²) in [4.78, 5) is 24.8. The van der Waals surface area contributed by atoms with Crippen molar-refractivity contribution in [2.75, 3.05) is 13.2 Å². The van der Waals surface area contributed by atoms with Gasteiger partial charge in [-0.05, 0) is 13.8 Å². The number of hydrogen-bond donors (Lipinski definition) is 0. The summed E-state index contributed by atoms with van der Waals surface area (Å²) in [5.41, 5.74) is -0.491. The maximum atomic E-state index is 12.6. The number of ether oxygens (including phenoxy) is 3. The topological polar surface area (TPSA) is 85.6 Å². The van der Waals surface area contributed by atoms with Crippen LogP contribution in [-0.4, -0.2) is 25.2 Å². The highest BCUT2D eigenvalue weighted by molar-refractivity contribution is 5.90. The van der Waals surface area contributed by atoms with E-state index < -0.39 is 17.5 Å². The van der Waals surface area contributed by atoms with Crippen molar-refractivity contribution in [3.63, 3.8) is 0 Å². The van der Waals surface area contributed by atoms with E-state index in [1.54, 1.807) is 26.0 Å². The summed E-state index contributed by atoms with van der Waals surface area (Å²) in [5, 5.41) is 9.02. The highest BCUT2D eigenvalue weighted by atomic mass is 16.6. The third-order valence-electron chi connectivity index (χ3n) is 3.96. The molecule has 2 rings (SSSR count). The first-order chi connectivity index (χ1) is 12.1. The lowest BCUT2D eigenvalue weighted by molar-refractivity contribution is -0.165. The third-order valence-corrected chi connectivity index (χ3v) is 3.96. The molecule has 0 saturated carbocycles. The van der Waals surface area contributed by atoms with E-state index in [1.807, 2.05) is 24.3 Å². The maximum absolute atomic E-state index is 12.6. The van der Waals surface area contributed by atoms with Crippen LogP contribution in [0.4, 0.5) is 0 Å². The highest BCUT2D eigenvalue weighted by Gasteiger charge is 2.49. The van der Waals surface area contributed by atoms with Crippen LogP contribution >= 0.6 is 0 Å². The maximum Gasteiger partial charge on any atom is 0.355 e. The standard InChI is InChI=1S/C19H21NO5/c1-3-23-17(21)15(11-13-20)16-10-12-19(25-16,18(22)24-4-2)14-8-6-5-7-9-14/h5-9H,3-4,10-12H2,1-2H3/b16-15+. The average Bonchev–Trinajstić information content (AvgIpc) is 3.07. The van der Waals surface area contributed by atoms with Gasteiger partial charge in [-0.3, -0.25) is 0 Å². The van der Waals surface area contributed by atoms with Crippen LogP contribution in [-0.2, 0) is 29.4 Å². The summed E-state index contributed by atoms with van der Waals surface area (Å²) in [6.07, 6.45) is 0.547. The van der Waals surface area contributed by atoms with Crippen molar-refractivity contribution in [2.24, 2.45) is 0 Å². The smallest absolute Gasteiger partial charge is 0.355 e. The van der Waals surface area contributed by atoms with Crippen LogP contribution in [0.15, 0.2) is 41.7 Å². The van der Waals surface area contributed by atoms with Gasteiger partial charge in [0.05, 0.1) is 31.3 Å². The number of nitriles is 1. The fourth-order valence-corrected chi connectivity index (χ4v) is 2.82. The van der Waals surface area contributed by atoms with Crippen LogP contribution in [0.5, 0.6) is 0 Å². The summed E-state index contributed by atoms with van der Waals surface area (Å²) in [6.45, 7) is 3.83. The number of benzene rings is 1. The van der Waals surface area contributed by atoms with Gasteiger partial charge in [-0.2, -0.15) is 5.26 Å². The number of allylic oxidation sites excluding steroid dienone is 1. The lowest BCUT2D eigenvalue weighted by Crippen LogP contribution is -2.36. The predicted octanol–water partition coefficient (Wildman–Crippen LogP) is 2.99. The van der Waals surface area contributed by atoms with E-state index in [0.29, 0.717) is 24.2 Å². The summed E-state index contributed by atoms with van der Waals surface area (Å²) < 4.78 is 16.2. The van der Waals surface area contributed by atoms with Gasteiger partial charge in [0.15, 0.2) is 0 Å². The second-order valence-corrected chi connectivity index (χ2v) is 5.47. The summed E-state index contributed by atoms with van der Waals surface area (Å²) in [7, 11) is 0. The van der Waals surface area contributed by atoms with E-state index in [4.69, 9.17) is 19.5 Å². The van der Waals surface area contributed by atoms with E-state index >= 15 is 0 Å². The fourth-order valence-electron chi connectivity index (χ4n) is 2.82. The molecule has 0 N–H and O–H groups in total. The van der Waals surface area contributed by atoms with Gasteiger partial charge in [-0.15, -0.1) is 0 Å². The Morgan fingerprint density at radius 3 is 2.48 bits per heavy atom. The van der Waals surface area contributed by atoms with Gasteiger partial charge in [0.1, 0.15) is 5.76 Å². The van der Waals surface area contributed by atoms with Crippen LogP contribution in [0.2, 0.25) is 0 Å². The molecule has 0 radical (unpaired) electrons. The van der Waals surface area contributed by atoms with Crippen molar-refractivity contribution in [2.45, 2.75) is 38.7 Å². The molecule has 25 heavy (non-hydrogen) atoms. The molecule has 0 spiro atoms. The summed E-state index contributed by atoms with van der Waals surface area (Å²) in [5.74, 6) is -0.778. The molecule has 1 aromatic rings. The molecule has 0 aliphatic carbocycles. The van der Waals surface area contributed by atoms with E-state index in [0.717, 1.165) is 0 Å². The van der Waals surface area contributed by atoms with Crippen LogP contribution in [0, 0.1) is 11.3 Å². The predicted molar refractivity (Wildman–Crippen MR) is 89.0 cm³/mol. The van der Waals surface area contributed by atoms with Gasteiger partial charge in [0, 0.05) is 18.4 Å². The van der Waals surface area contributed by atoms with Gasteiger partial charge in [-0.1, -0.05) is 30.3 Å². The van der Waals surface area contributed by atoms with Crippen molar-refractivity contribution in [1.29, 1.82) is 5.26 Å². The molecule has 0 aromatic heterocycles. The first kappa shape index (κ1) is 18.5. The molecule has 1 atom stereocenters. The zero-order chi connectivity index (χ0) is 18.3. The Labute approximate surface area is 147 Å². The third kappa shape index (κ3) is 3.82. The lowest BCUT2D eigenvalue weighted by atomic mass is 9.90. The largest absolute Gasteiger partial charge is 0.474 e. The van der Waals surface area contributed by atoms with Gasteiger partial charge >= 0.3 is 11.9 Å². The Kier molecular flexibility index (Phi) is 6.18. The fraction of sp³-hybridized carbons (Fsp3) is 0.421. The second kappa shape index (κ2) is 8.34. The number of esters is 2. The van der Waals surface area contributed by atoms with Crippen molar-refractivity contribution >= 4 is 11.9 Å². The van der Waals surface area contributed by atoms with Crippen molar-refractivity contribution in [3.05, 3.63) is 47.2 Å². The summed E-state index contributed by atoms with van der Waals surface area (Å²) in [6, 6.07) is 11.0. The molecule has 0 amide bonds. The first-order valence-corrected chi connectivity index (χ1v) is 8.26. The Hall–Kier alpha value is -2.81. The molecule has 6 heteroatoms. The first-order valence-electron chi connectivity index (χ1n) is 8.26. The SMILES string of the molecule is CCOC(=O)/C(CC#N)=C1\CCC(C(=O)OCC)(c2ccccc2)O1. The molecule has 1 aliphatic rings. The lowest BCUT2D eigenvalue weighted by Gasteiger charge is -2.27. The molecule has 1 heterocycles. The number of nitrogens with zero attached hydrogens (tertiary/aromatic N) is 1. The van der Waals surface area contributed by atoms with Crippen molar-refractivity contribution in [1.82, 2.24) is 0 Å². The number of carbonyl (C=O) groups excluding carboxylic acids is 2. The molecule has 1 unspecified atom stereocenters. The Morgan fingerprint density at radius 1 is 1.20 bits per heavy atom. The van der Waals surface area contributed by atoms with E-state index in [2.05, 4.69) is 0 Å². The highest BCUT2D eigenvalue weighted by Crippen LogP contribution is 2.43. The van der Waals surface area contributed by atoms with E-state index in [9.17, 15) is 9.59 Å². The van der Waals surface area contributed by atoms with E-state index in [1.165, 1.54) is 0 Å². The van der Waals surface area contributed by atoms with Crippen molar-refractivity contribution < 1.29 is 23.8 Å². The van der Waals surface area contributed by atoms with Crippen LogP contribution in [0.3, 0.4) is 0 Å². The minimum Gasteiger partial charge on any atom is -0.474 e. The van der Waals surface area contributed by atoms with Gasteiger partial charge in [0.2, 0.25) is 5.60 Å². The van der Waals surface area contributed by atoms with Crippen LogP contribution in [0.1, 0.15) is 38.7 Å². The minimum absolute atomic E-state index is 0.137. The zero-order valence-corrected chi connectivity index (χ0v) is 14.4. The molecule has 1 fully saturated rings. The Bertz CT molecular complexity index is 704. The normalized spacial score (nSPS) is 21.0. The molecular weight excluding hydrogens is 322 g/mol. The second-order valence-electron chi connectivity index (χ2n) is 5.47. The molecule has 6 nitrogen and oxygen atoms in total. The van der Waals surface area contributed by atoms with Crippen LogP contribution < -0.4 is 0 Å². The monoisotopic (exact) mass is 343 g/mol. The Morgan fingerprint density at radius 2 is 1.88 bits per heavy atom. The molecule has 132 valence electrons. The molecule has 0 bridgehead atoms. The van der Waals surface area contributed by atoms with Gasteiger partial charge in [0.25, 0.3) is 0 Å². The molecular formula is C19H21NO5. The number of carbonyl (C=O) groups is 2. The van der Waals surface area contributed by atoms with Crippen molar-refractivity contribution in [3.8, 4) is 6.07 Å². The van der Waals surface area contributed by atoms with Gasteiger partial charge in [-0.25, -0.2) is 9.59 Å². The quantitative estimate of drug-likeness (QED) is 0.583. The zero-order valence-electron chi connectivity index (χ0n) is 14.4. The average molecular weight is 343 g/mol. The number of rotatable bonds is 6. The van der Waals surface area contributed by atoms with E-state index in [-0.39, 0.29) is 25.2 Å². The number of hydrogen-bond acceptors (Lipinski definition) is 6. The molecule has 1 saturated heterocycles. The molecule has 1 aliphatic heterocycles. The molecule has 1 aromatic carbocycles. The summed E-state index contributed by atoms with van der Waals surface area (Å²) >= 11 is 0. The van der Waals surface area contributed by atoms with Gasteiger partial charge < -0.3 is 14.2 Å². The Balaban J connectivity index is 2.45. The van der Waals surface area contributed by atoms with Crippen LogP contribution in [0.25, 0.3) is 0 Å².